The van der Waals surface area contributed by atoms with Gasteiger partial charge in [0.2, 0.25) is 0 Å². The molecule has 2 bridgehead atoms. The van der Waals surface area contributed by atoms with Crippen LogP contribution in [-0.4, -0.2) is 60.8 Å². The maximum absolute atomic E-state index is 5.86. The predicted molar refractivity (Wildman–Crippen MR) is 83.7 cm³/mol. The Hall–Kier alpha value is -1.20. The number of anilines is 1. The molecule has 21 heavy (non-hydrogen) atoms. The van der Waals surface area contributed by atoms with Crippen molar-refractivity contribution < 1.29 is 4.74 Å². The standard InChI is InChI=1S/C16H26N4O/c1-4-5-15-17-12(2)6-16(18-15)20-8-13-7-19(3)9-14(20)11-21-10-13/h6,13-14H,4-5,7-11H2,1-3H3/t13-,14-/m0/s1. The summed E-state index contributed by atoms with van der Waals surface area (Å²) in [5.74, 6) is 2.62. The molecule has 1 aromatic heterocycles. The highest BCUT2D eigenvalue weighted by Crippen LogP contribution is 2.24. The van der Waals surface area contributed by atoms with Crippen molar-refractivity contribution in [3.8, 4) is 0 Å². The van der Waals surface area contributed by atoms with Crippen LogP contribution in [0.25, 0.3) is 0 Å². The van der Waals surface area contributed by atoms with Crippen LogP contribution in [0.3, 0.4) is 0 Å². The zero-order chi connectivity index (χ0) is 14.8. The molecular weight excluding hydrogens is 264 g/mol. The summed E-state index contributed by atoms with van der Waals surface area (Å²) in [5, 5.41) is 0. The first-order chi connectivity index (χ1) is 10.2. The third-order valence-corrected chi connectivity index (χ3v) is 4.31. The van der Waals surface area contributed by atoms with Gasteiger partial charge in [-0.3, -0.25) is 0 Å². The van der Waals surface area contributed by atoms with Gasteiger partial charge in [-0.1, -0.05) is 6.92 Å². The smallest absolute Gasteiger partial charge is 0.132 e. The Morgan fingerprint density at radius 1 is 1.24 bits per heavy atom. The quantitative estimate of drug-likeness (QED) is 0.844. The predicted octanol–water partition coefficient (Wildman–Crippen LogP) is 1.50. The summed E-state index contributed by atoms with van der Waals surface area (Å²) in [6.45, 7) is 9.10. The fourth-order valence-corrected chi connectivity index (χ4v) is 3.45. The Kier molecular flexibility index (Phi) is 4.40. The van der Waals surface area contributed by atoms with E-state index in [4.69, 9.17) is 9.72 Å². The molecule has 1 aromatic rings. The zero-order valence-corrected chi connectivity index (χ0v) is 13.4. The van der Waals surface area contributed by atoms with Crippen molar-refractivity contribution in [2.75, 3.05) is 44.8 Å². The van der Waals surface area contributed by atoms with E-state index in [1.54, 1.807) is 0 Å². The number of hydrogen-bond donors (Lipinski definition) is 0. The van der Waals surface area contributed by atoms with Crippen LogP contribution < -0.4 is 4.90 Å². The molecular formula is C16H26N4O. The second-order valence-corrected chi connectivity index (χ2v) is 6.46. The lowest BCUT2D eigenvalue weighted by atomic mass is 10.1. The van der Waals surface area contributed by atoms with Crippen LogP contribution in [0.2, 0.25) is 0 Å². The van der Waals surface area contributed by atoms with Gasteiger partial charge in [-0.15, -0.1) is 0 Å². The number of likely N-dealkylation sites (N-methyl/N-ethyl adjacent to an activating group) is 1. The van der Waals surface area contributed by atoms with Gasteiger partial charge in [0.25, 0.3) is 0 Å². The van der Waals surface area contributed by atoms with Gasteiger partial charge in [-0.2, -0.15) is 0 Å². The van der Waals surface area contributed by atoms with Gasteiger partial charge in [0, 0.05) is 43.7 Å². The van der Waals surface area contributed by atoms with E-state index in [0.717, 1.165) is 63.0 Å². The number of nitrogens with zero attached hydrogens (tertiary/aromatic N) is 4. The molecule has 116 valence electrons. The molecule has 0 unspecified atom stereocenters. The molecule has 0 saturated carbocycles. The minimum absolute atomic E-state index is 0.395. The average molecular weight is 290 g/mol. The van der Waals surface area contributed by atoms with Gasteiger partial charge >= 0.3 is 0 Å². The first kappa shape index (κ1) is 14.7. The van der Waals surface area contributed by atoms with Crippen LogP contribution in [0.1, 0.15) is 24.9 Å². The first-order valence-electron chi connectivity index (χ1n) is 8.03. The van der Waals surface area contributed by atoms with Crippen LogP contribution in [0.4, 0.5) is 5.82 Å². The Morgan fingerprint density at radius 2 is 2.10 bits per heavy atom. The van der Waals surface area contributed by atoms with Crippen LogP contribution >= 0.6 is 0 Å². The highest BCUT2D eigenvalue weighted by molar-refractivity contribution is 5.42. The maximum Gasteiger partial charge on any atom is 0.132 e. The van der Waals surface area contributed by atoms with Crippen molar-refractivity contribution in [3.05, 3.63) is 17.6 Å². The fraction of sp³-hybridized carbons (Fsp3) is 0.750. The topological polar surface area (TPSA) is 41.5 Å². The minimum Gasteiger partial charge on any atom is -0.379 e. The molecule has 5 nitrogen and oxygen atoms in total. The number of rotatable bonds is 3. The lowest BCUT2D eigenvalue weighted by molar-refractivity contribution is 0.0725. The summed E-state index contributed by atoms with van der Waals surface area (Å²) in [5.41, 5.74) is 1.07. The Morgan fingerprint density at radius 3 is 2.90 bits per heavy atom. The van der Waals surface area contributed by atoms with Gasteiger partial charge in [0.1, 0.15) is 11.6 Å². The Balaban J connectivity index is 1.91. The van der Waals surface area contributed by atoms with Gasteiger partial charge in [0.05, 0.1) is 19.3 Å². The molecule has 3 heterocycles. The van der Waals surface area contributed by atoms with Crippen LogP contribution in [-0.2, 0) is 11.2 Å². The fourth-order valence-electron chi connectivity index (χ4n) is 3.45. The molecule has 0 N–H and O–H groups in total. The van der Waals surface area contributed by atoms with E-state index in [9.17, 15) is 0 Å². The zero-order valence-electron chi connectivity index (χ0n) is 13.4. The van der Waals surface area contributed by atoms with Crippen molar-refractivity contribution in [1.82, 2.24) is 14.9 Å². The molecule has 0 radical (unpaired) electrons. The molecule has 2 aliphatic rings. The summed E-state index contributed by atoms with van der Waals surface area (Å²) < 4.78 is 5.86. The van der Waals surface area contributed by atoms with Gasteiger partial charge < -0.3 is 14.5 Å². The van der Waals surface area contributed by atoms with E-state index < -0.39 is 0 Å². The van der Waals surface area contributed by atoms with Crippen molar-refractivity contribution in [3.63, 3.8) is 0 Å². The monoisotopic (exact) mass is 290 g/mol. The molecule has 2 fully saturated rings. The van der Waals surface area contributed by atoms with Crippen molar-refractivity contribution in [1.29, 1.82) is 0 Å². The summed E-state index contributed by atoms with van der Waals surface area (Å²) in [4.78, 5) is 14.3. The Labute approximate surface area is 127 Å². The number of hydrogen-bond acceptors (Lipinski definition) is 5. The van der Waals surface area contributed by atoms with Crippen LogP contribution in [0, 0.1) is 12.8 Å². The van der Waals surface area contributed by atoms with E-state index >= 15 is 0 Å². The number of ether oxygens (including phenoxy) is 1. The molecule has 0 spiro atoms. The van der Waals surface area contributed by atoms with Crippen molar-refractivity contribution in [2.45, 2.75) is 32.7 Å². The lowest BCUT2D eigenvalue weighted by Crippen LogP contribution is -2.43. The summed E-state index contributed by atoms with van der Waals surface area (Å²) in [6, 6.07) is 2.52. The minimum atomic E-state index is 0.395. The SMILES string of the molecule is CCCc1nc(C)cc(N2C[C@H]3COC[C@@H]2CN(C)C3)n1. The van der Waals surface area contributed by atoms with E-state index in [-0.39, 0.29) is 0 Å². The van der Waals surface area contributed by atoms with Crippen LogP contribution in [0.5, 0.6) is 0 Å². The van der Waals surface area contributed by atoms with Crippen LogP contribution in [0.15, 0.2) is 6.07 Å². The molecule has 5 heteroatoms. The summed E-state index contributed by atoms with van der Waals surface area (Å²) in [7, 11) is 2.21. The molecule has 0 amide bonds. The van der Waals surface area contributed by atoms with Gasteiger partial charge in [-0.05, 0) is 20.4 Å². The number of fused-ring (bicyclic) bond motifs is 3. The van der Waals surface area contributed by atoms with Crippen molar-refractivity contribution in [2.24, 2.45) is 5.92 Å². The van der Waals surface area contributed by atoms with Gasteiger partial charge in [-0.25, -0.2) is 9.97 Å². The van der Waals surface area contributed by atoms with E-state index in [1.807, 2.05) is 0 Å². The van der Waals surface area contributed by atoms with Crippen molar-refractivity contribution >= 4 is 5.82 Å². The molecule has 2 saturated heterocycles. The molecule has 2 atom stereocenters. The first-order valence-corrected chi connectivity index (χ1v) is 8.03. The molecule has 0 aliphatic carbocycles. The number of aryl methyl sites for hydroxylation is 2. The summed E-state index contributed by atoms with van der Waals surface area (Å²) >= 11 is 0. The average Bonchev–Trinajstić information content (AvgIpc) is 2.68. The molecule has 0 aromatic carbocycles. The molecule has 3 rings (SSSR count). The molecule has 2 aliphatic heterocycles. The highest BCUT2D eigenvalue weighted by Gasteiger charge is 2.33. The van der Waals surface area contributed by atoms with E-state index in [1.165, 1.54) is 0 Å². The third kappa shape index (κ3) is 3.35. The second kappa shape index (κ2) is 6.28. The Bertz CT molecular complexity index is 493. The summed E-state index contributed by atoms with van der Waals surface area (Å²) in [6.07, 6.45) is 2.04. The lowest BCUT2D eigenvalue weighted by Gasteiger charge is -2.30. The highest BCUT2D eigenvalue weighted by atomic mass is 16.5. The second-order valence-electron chi connectivity index (χ2n) is 6.46. The van der Waals surface area contributed by atoms with Gasteiger partial charge in [0.15, 0.2) is 0 Å². The number of aromatic nitrogens is 2. The third-order valence-electron chi connectivity index (χ3n) is 4.31. The normalized spacial score (nSPS) is 26.7. The maximum atomic E-state index is 5.86. The van der Waals surface area contributed by atoms with E-state index in [2.05, 4.69) is 41.7 Å². The van der Waals surface area contributed by atoms with E-state index in [0.29, 0.717) is 12.0 Å². The largest absolute Gasteiger partial charge is 0.379 e.